The van der Waals surface area contributed by atoms with Gasteiger partial charge in [0.25, 0.3) is 0 Å². The number of anilines is 3. The zero-order valence-electron chi connectivity index (χ0n) is 12.0. The highest BCUT2D eigenvalue weighted by molar-refractivity contribution is 9.10. The number of halogens is 1. The van der Waals surface area contributed by atoms with Gasteiger partial charge >= 0.3 is 0 Å². The molecule has 0 aliphatic carbocycles. The van der Waals surface area contributed by atoms with E-state index < -0.39 is 0 Å². The Kier molecular flexibility index (Phi) is 4.95. The Bertz CT molecular complexity index is 598. The number of benzene rings is 1. The number of nitrogens with one attached hydrogen (secondary N) is 2. The summed E-state index contributed by atoms with van der Waals surface area (Å²) in [5.74, 6) is 1.75. The third-order valence-electron chi connectivity index (χ3n) is 3.13. The minimum Gasteiger partial charge on any atom is -0.373 e. The van der Waals surface area contributed by atoms with Crippen molar-refractivity contribution >= 4 is 33.3 Å². The molecule has 0 spiro atoms. The van der Waals surface area contributed by atoms with Crippen LogP contribution < -0.4 is 10.6 Å². The van der Waals surface area contributed by atoms with Gasteiger partial charge in [-0.15, -0.1) is 0 Å². The third-order valence-corrected chi connectivity index (χ3v) is 3.63. The quantitative estimate of drug-likeness (QED) is 0.856. The first-order valence-electron chi connectivity index (χ1n) is 6.70. The Labute approximate surface area is 128 Å². The van der Waals surface area contributed by atoms with Crippen LogP contribution in [0.3, 0.4) is 0 Å². The van der Waals surface area contributed by atoms with Crippen LogP contribution in [0.5, 0.6) is 0 Å². The summed E-state index contributed by atoms with van der Waals surface area (Å²) < 4.78 is 1.05. The van der Waals surface area contributed by atoms with E-state index in [1.54, 1.807) is 6.33 Å². The minimum absolute atomic E-state index is 0.868. The number of rotatable bonds is 5. The molecular weight excluding hydrogens is 316 g/mol. The summed E-state index contributed by atoms with van der Waals surface area (Å²) in [5.41, 5.74) is 3.36. The zero-order chi connectivity index (χ0) is 14.5. The monoisotopic (exact) mass is 334 g/mol. The Hall–Kier alpha value is -1.62. The van der Waals surface area contributed by atoms with Crippen LogP contribution in [-0.4, -0.2) is 17.0 Å². The van der Waals surface area contributed by atoms with Crippen molar-refractivity contribution < 1.29 is 0 Å². The number of hydrogen-bond donors (Lipinski definition) is 2. The maximum Gasteiger partial charge on any atom is 0.139 e. The molecule has 2 aromatic rings. The lowest BCUT2D eigenvalue weighted by atomic mass is 10.1. The first kappa shape index (κ1) is 14.8. The maximum absolute atomic E-state index is 4.39. The second-order valence-electron chi connectivity index (χ2n) is 4.63. The van der Waals surface area contributed by atoms with Crippen molar-refractivity contribution in [3.63, 3.8) is 0 Å². The molecule has 2 rings (SSSR count). The average Bonchev–Trinajstić information content (AvgIpc) is 2.45. The van der Waals surface area contributed by atoms with Crippen LogP contribution in [-0.2, 0) is 6.42 Å². The van der Waals surface area contributed by atoms with Gasteiger partial charge in [0.1, 0.15) is 18.0 Å². The Morgan fingerprint density at radius 3 is 2.65 bits per heavy atom. The van der Waals surface area contributed by atoms with Crippen molar-refractivity contribution in [3.05, 3.63) is 40.1 Å². The molecule has 0 unspecified atom stereocenters. The van der Waals surface area contributed by atoms with Gasteiger partial charge in [-0.3, -0.25) is 0 Å². The molecule has 5 heteroatoms. The fourth-order valence-electron chi connectivity index (χ4n) is 2.08. The molecule has 1 heterocycles. The molecule has 0 bridgehead atoms. The summed E-state index contributed by atoms with van der Waals surface area (Å²) in [7, 11) is 1.88. The first-order chi connectivity index (χ1) is 9.65. The van der Waals surface area contributed by atoms with Crippen LogP contribution in [0.1, 0.15) is 24.5 Å². The van der Waals surface area contributed by atoms with Crippen molar-refractivity contribution in [3.8, 4) is 0 Å². The van der Waals surface area contributed by atoms with Crippen LogP contribution in [0.2, 0.25) is 0 Å². The highest BCUT2D eigenvalue weighted by Gasteiger charge is 2.11. The van der Waals surface area contributed by atoms with Gasteiger partial charge in [0.05, 0.1) is 0 Å². The molecule has 1 aromatic heterocycles. The zero-order valence-corrected chi connectivity index (χ0v) is 13.6. The highest BCUT2D eigenvalue weighted by Crippen LogP contribution is 2.28. The van der Waals surface area contributed by atoms with E-state index in [2.05, 4.69) is 62.5 Å². The molecule has 4 nitrogen and oxygen atoms in total. The summed E-state index contributed by atoms with van der Waals surface area (Å²) in [6.07, 6.45) is 3.57. The van der Waals surface area contributed by atoms with Gasteiger partial charge in [-0.05, 0) is 31.0 Å². The third kappa shape index (κ3) is 3.28. The molecular formula is C15H19BrN4. The second-order valence-corrected chi connectivity index (χ2v) is 5.55. The SMILES string of the molecule is CCCc1c(NC)ncnc1Nc1cc(Br)ccc1C. The average molecular weight is 335 g/mol. The molecule has 0 saturated heterocycles. The van der Waals surface area contributed by atoms with E-state index in [0.717, 1.165) is 40.2 Å². The second kappa shape index (κ2) is 6.70. The molecule has 106 valence electrons. The minimum atomic E-state index is 0.868. The molecule has 0 atom stereocenters. The lowest BCUT2D eigenvalue weighted by molar-refractivity contribution is 0.905. The normalized spacial score (nSPS) is 10.4. The predicted octanol–water partition coefficient (Wildman–Crippen LogP) is 4.29. The standard InChI is InChI=1S/C15H19BrN4/c1-4-5-12-14(17-3)18-9-19-15(12)20-13-8-11(16)7-6-10(13)2/h6-9H,4-5H2,1-3H3,(H2,17,18,19,20). The molecule has 0 fully saturated rings. The van der Waals surface area contributed by atoms with Gasteiger partial charge in [0.2, 0.25) is 0 Å². The molecule has 20 heavy (non-hydrogen) atoms. The van der Waals surface area contributed by atoms with Gasteiger partial charge in [0, 0.05) is 22.8 Å². The van der Waals surface area contributed by atoms with E-state index in [1.165, 1.54) is 5.56 Å². The highest BCUT2D eigenvalue weighted by atomic mass is 79.9. The summed E-state index contributed by atoms with van der Waals surface area (Å²) >= 11 is 3.50. The Balaban J connectivity index is 2.39. The van der Waals surface area contributed by atoms with Gasteiger partial charge in [-0.2, -0.15) is 0 Å². The molecule has 0 aliphatic heterocycles. The van der Waals surface area contributed by atoms with Gasteiger partial charge < -0.3 is 10.6 Å². The Morgan fingerprint density at radius 1 is 1.20 bits per heavy atom. The topological polar surface area (TPSA) is 49.8 Å². The fourth-order valence-corrected chi connectivity index (χ4v) is 2.44. The Morgan fingerprint density at radius 2 is 1.95 bits per heavy atom. The smallest absolute Gasteiger partial charge is 0.139 e. The van der Waals surface area contributed by atoms with Gasteiger partial charge in [-0.1, -0.05) is 35.3 Å². The fraction of sp³-hybridized carbons (Fsp3) is 0.333. The number of aryl methyl sites for hydroxylation is 1. The lowest BCUT2D eigenvalue weighted by Crippen LogP contribution is -2.06. The van der Waals surface area contributed by atoms with E-state index in [1.807, 2.05) is 13.1 Å². The number of aromatic nitrogens is 2. The number of hydrogen-bond acceptors (Lipinski definition) is 4. The summed E-state index contributed by atoms with van der Waals surface area (Å²) in [6.45, 7) is 4.23. The first-order valence-corrected chi connectivity index (χ1v) is 7.49. The van der Waals surface area contributed by atoms with Crippen molar-refractivity contribution in [2.24, 2.45) is 0 Å². The van der Waals surface area contributed by atoms with Gasteiger partial charge in [-0.25, -0.2) is 9.97 Å². The maximum atomic E-state index is 4.39. The molecule has 0 aliphatic rings. The van der Waals surface area contributed by atoms with E-state index in [4.69, 9.17) is 0 Å². The molecule has 0 saturated carbocycles. The van der Waals surface area contributed by atoms with Crippen LogP contribution in [0.25, 0.3) is 0 Å². The summed E-state index contributed by atoms with van der Waals surface area (Å²) in [5, 5.41) is 6.55. The van der Waals surface area contributed by atoms with E-state index >= 15 is 0 Å². The van der Waals surface area contributed by atoms with E-state index in [0.29, 0.717) is 0 Å². The van der Waals surface area contributed by atoms with E-state index in [-0.39, 0.29) is 0 Å². The van der Waals surface area contributed by atoms with E-state index in [9.17, 15) is 0 Å². The van der Waals surface area contributed by atoms with Crippen molar-refractivity contribution in [1.29, 1.82) is 0 Å². The van der Waals surface area contributed by atoms with Crippen LogP contribution in [0, 0.1) is 6.92 Å². The van der Waals surface area contributed by atoms with Crippen molar-refractivity contribution in [2.45, 2.75) is 26.7 Å². The molecule has 0 amide bonds. The number of nitrogens with zero attached hydrogens (tertiary/aromatic N) is 2. The van der Waals surface area contributed by atoms with Crippen LogP contribution in [0.15, 0.2) is 29.0 Å². The lowest BCUT2D eigenvalue weighted by Gasteiger charge is -2.15. The van der Waals surface area contributed by atoms with Crippen molar-refractivity contribution in [1.82, 2.24) is 9.97 Å². The van der Waals surface area contributed by atoms with Gasteiger partial charge in [0.15, 0.2) is 0 Å². The summed E-state index contributed by atoms with van der Waals surface area (Å²) in [6, 6.07) is 6.17. The van der Waals surface area contributed by atoms with Crippen LogP contribution >= 0.6 is 15.9 Å². The predicted molar refractivity (Wildman–Crippen MR) is 87.7 cm³/mol. The van der Waals surface area contributed by atoms with Crippen molar-refractivity contribution in [2.75, 3.05) is 17.7 Å². The molecule has 2 N–H and O–H groups in total. The molecule has 0 radical (unpaired) electrons. The summed E-state index contributed by atoms with van der Waals surface area (Å²) in [4.78, 5) is 8.68. The molecule has 1 aromatic carbocycles. The largest absolute Gasteiger partial charge is 0.373 e. The van der Waals surface area contributed by atoms with Crippen LogP contribution in [0.4, 0.5) is 17.3 Å².